The number of nitrogens with one attached hydrogen (secondary N) is 1. The highest BCUT2D eigenvalue weighted by Gasteiger charge is 2.01. The first kappa shape index (κ1) is 12.4. The minimum atomic E-state index is 0.0371. The van der Waals surface area contributed by atoms with E-state index in [-0.39, 0.29) is 5.91 Å². The molecule has 0 bridgehead atoms. The third kappa shape index (κ3) is 4.26. The Labute approximate surface area is 95.9 Å². The lowest BCUT2D eigenvalue weighted by Crippen LogP contribution is -2.10. The predicted octanol–water partition coefficient (Wildman–Crippen LogP) is 2.56. The molecule has 0 unspecified atom stereocenters. The van der Waals surface area contributed by atoms with Crippen molar-refractivity contribution in [2.75, 3.05) is 5.32 Å². The van der Waals surface area contributed by atoms with Crippen LogP contribution in [-0.2, 0) is 16.0 Å². The number of hydrogen-bond acceptors (Lipinski definition) is 2. The van der Waals surface area contributed by atoms with Crippen LogP contribution in [0.4, 0.5) is 5.69 Å². The fraction of sp³-hybridized carbons (Fsp3) is 0.385. The largest absolute Gasteiger partial charge is 0.326 e. The SMILES string of the molecule is CCCC(=O)Nc1cccc(CCC=O)c1. The molecule has 1 N–H and O–H groups in total. The summed E-state index contributed by atoms with van der Waals surface area (Å²) in [5.74, 6) is 0.0371. The van der Waals surface area contributed by atoms with E-state index in [9.17, 15) is 9.59 Å². The average molecular weight is 219 g/mol. The number of aldehydes is 1. The summed E-state index contributed by atoms with van der Waals surface area (Å²) < 4.78 is 0. The molecule has 1 aromatic rings. The smallest absolute Gasteiger partial charge is 0.224 e. The summed E-state index contributed by atoms with van der Waals surface area (Å²) in [4.78, 5) is 21.6. The molecule has 0 atom stereocenters. The first-order valence-electron chi connectivity index (χ1n) is 5.58. The van der Waals surface area contributed by atoms with Gasteiger partial charge in [0.1, 0.15) is 6.29 Å². The summed E-state index contributed by atoms with van der Waals surface area (Å²) in [5.41, 5.74) is 1.88. The molecule has 3 heteroatoms. The quantitative estimate of drug-likeness (QED) is 0.747. The van der Waals surface area contributed by atoms with Crippen LogP contribution in [0, 0.1) is 0 Å². The molecule has 1 amide bonds. The van der Waals surface area contributed by atoms with E-state index in [1.165, 1.54) is 0 Å². The van der Waals surface area contributed by atoms with Gasteiger partial charge in [-0.15, -0.1) is 0 Å². The first-order valence-corrected chi connectivity index (χ1v) is 5.58. The van der Waals surface area contributed by atoms with Crippen molar-refractivity contribution in [3.63, 3.8) is 0 Å². The fourth-order valence-electron chi connectivity index (χ4n) is 1.48. The van der Waals surface area contributed by atoms with E-state index in [2.05, 4.69) is 5.32 Å². The van der Waals surface area contributed by atoms with Gasteiger partial charge in [0.2, 0.25) is 5.91 Å². The maximum atomic E-state index is 11.4. The van der Waals surface area contributed by atoms with Crippen molar-refractivity contribution in [2.45, 2.75) is 32.6 Å². The van der Waals surface area contributed by atoms with Crippen LogP contribution in [0.1, 0.15) is 31.7 Å². The summed E-state index contributed by atoms with van der Waals surface area (Å²) in [7, 11) is 0. The van der Waals surface area contributed by atoms with Crippen molar-refractivity contribution in [2.24, 2.45) is 0 Å². The Bertz CT molecular complexity index is 361. The zero-order valence-electron chi connectivity index (χ0n) is 9.53. The Balaban J connectivity index is 2.59. The lowest BCUT2D eigenvalue weighted by atomic mass is 10.1. The Hall–Kier alpha value is -1.64. The standard InChI is InChI=1S/C13H17NO2/c1-2-5-13(16)14-12-8-3-6-11(10-12)7-4-9-15/h3,6,8-10H,2,4-5,7H2,1H3,(H,14,16). The number of rotatable bonds is 6. The summed E-state index contributed by atoms with van der Waals surface area (Å²) in [6, 6.07) is 7.62. The molecule has 86 valence electrons. The highest BCUT2D eigenvalue weighted by Crippen LogP contribution is 2.12. The molecular weight excluding hydrogens is 202 g/mol. The second-order valence-corrected chi connectivity index (χ2v) is 3.70. The van der Waals surface area contributed by atoms with Crippen LogP contribution in [0.2, 0.25) is 0 Å². The van der Waals surface area contributed by atoms with Crippen LogP contribution in [-0.4, -0.2) is 12.2 Å². The number of benzene rings is 1. The van der Waals surface area contributed by atoms with Gasteiger partial charge >= 0.3 is 0 Å². The third-order valence-corrected chi connectivity index (χ3v) is 2.24. The molecule has 0 radical (unpaired) electrons. The number of carbonyl (C=O) groups is 2. The average Bonchev–Trinajstić information content (AvgIpc) is 2.27. The summed E-state index contributed by atoms with van der Waals surface area (Å²) >= 11 is 0. The van der Waals surface area contributed by atoms with Crippen molar-refractivity contribution in [3.8, 4) is 0 Å². The van der Waals surface area contributed by atoms with E-state index in [0.29, 0.717) is 12.8 Å². The Morgan fingerprint density at radius 2 is 2.25 bits per heavy atom. The highest BCUT2D eigenvalue weighted by atomic mass is 16.1. The number of amides is 1. The lowest BCUT2D eigenvalue weighted by molar-refractivity contribution is -0.116. The topological polar surface area (TPSA) is 46.2 Å². The van der Waals surface area contributed by atoms with Gasteiger partial charge in [-0.2, -0.15) is 0 Å². The third-order valence-electron chi connectivity index (χ3n) is 2.24. The van der Waals surface area contributed by atoms with Crippen LogP contribution in [0.25, 0.3) is 0 Å². The van der Waals surface area contributed by atoms with Gasteiger partial charge in [-0.25, -0.2) is 0 Å². The monoisotopic (exact) mass is 219 g/mol. The molecule has 1 aromatic carbocycles. The molecule has 0 aliphatic rings. The number of carbonyl (C=O) groups excluding carboxylic acids is 2. The van der Waals surface area contributed by atoms with E-state index in [4.69, 9.17) is 0 Å². The molecule has 16 heavy (non-hydrogen) atoms. The molecular formula is C13H17NO2. The minimum Gasteiger partial charge on any atom is -0.326 e. The fourth-order valence-corrected chi connectivity index (χ4v) is 1.48. The van der Waals surface area contributed by atoms with Crippen molar-refractivity contribution in [1.82, 2.24) is 0 Å². The normalized spacial score (nSPS) is 9.81. The van der Waals surface area contributed by atoms with Gasteiger partial charge in [-0.1, -0.05) is 19.1 Å². The van der Waals surface area contributed by atoms with E-state index in [1.54, 1.807) is 0 Å². The van der Waals surface area contributed by atoms with Crippen molar-refractivity contribution in [1.29, 1.82) is 0 Å². The summed E-state index contributed by atoms with van der Waals surface area (Å²) in [5, 5.41) is 2.83. The van der Waals surface area contributed by atoms with Gasteiger partial charge in [0.05, 0.1) is 0 Å². The van der Waals surface area contributed by atoms with Gasteiger partial charge in [0.15, 0.2) is 0 Å². The molecule has 0 spiro atoms. The Morgan fingerprint density at radius 3 is 2.94 bits per heavy atom. The van der Waals surface area contributed by atoms with Gasteiger partial charge in [0.25, 0.3) is 0 Å². The number of aryl methyl sites for hydroxylation is 1. The molecule has 0 aliphatic heterocycles. The van der Waals surface area contributed by atoms with Crippen molar-refractivity contribution < 1.29 is 9.59 Å². The van der Waals surface area contributed by atoms with Crippen LogP contribution in [0.5, 0.6) is 0 Å². The number of anilines is 1. The van der Waals surface area contributed by atoms with Crippen molar-refractivity contribution in [3.05, 3.63) is 29.8 Å². The first-order chi connectivity index (χ1) is 7.76. The van der Waals surface area contributed by atoms with E-state index in [0.717, 1.165) is 30.4 Å². The molecule has 0 aromatic heterocycles. The zero-order valence-corrected chi connectivity index (χ0v) is 9.53. The van der Waals surface area contributed by atoms with Gasteiger partial charge in [-0.3, -0.25) is 4.79 Å². The maximum Gasteiger partial charge on any atom is 0.224 e. The molecule has 0 saturated carbocycles. The Kier molecular flexibility index (Phi) is 5.26. The van der Waals surface area contributed by atoms with Crippen LogP contribution in [0.15, 0.2) is 24.3 Å². The van der Waals surface area contributed by atoms with E-state index in [1.807, 2.05) is 31.2 Å². The Morgan fingerprint density at radius 1 is 1.44 bits per heavy atom. The molecule has 0 heterocycles. The van der Waals surface area contributed by atoms with E-state index >= 15 is 0 Å². The molecule has 0 saturated heterocycles. The minimum absolute atomic E-state index is 0.0371. The highest BCUT2D eigenvalue weighted by molar-refractivity contribution is 5.90. The maximum absolute atomic E-state index is 11.4. The zero-order chi connectivity index (χ0) is 11.8. The van der Waals surface area contributed by atoms with Gasteiger partial charge < -0.3 is 10.1 Å². The molecule has 3 nitrogen and oxygen atoms in total. The lowest BCUT2D eigenvalue weighted by Gasteiger charge is -2.06. The van der Waals surface area contributed by atoms with Gasteiger partial charge in [-0.05, 0) is 30.5 Å². The second-order valence-electron chi connectivity index (χ2n) is 3.70. The summed E-state index contributed by atoms with van der Waals surface area (Å²) in [6.45, 7) is 1.97. The second kappa shape index (κ2) is 6.77. The predicted molar refractivity (Wildman–Crippen MR) is 64.4 cm³/mol. The van der Waals surface area contributed by atoms with Gasteiger partial charge in [0, 0.05) is 18.5 Å². The number of hydrogen-bond donors (Lipinski definition) is 1. The molecule has 0 fully saturated rings. The van der Waals surface area contributed by atoms with Crippen molar-refractivity contribution >= 4 is 17.9 Å². The summed E-state index contributed by atoms with van der Waals surface area (Å²) in [6.07, 6.45) is 3.53. The van der Waals surface area contributed by atoms with Crippen LogP contribution < -0.4 is 5.32 Å². The molecule has 0 aliphatic carbocycles. The van der Waals surface area contributed by atoms with Crippen LogP contribution in [0.3, 0.4) is 0 Å². The molecule has 1 rings (SSSR count). The van der Waals surface area contributed by atoms with E-state index < -0.39 is 0 Å². The van der Waals surface area contributed by atoms with Crippen LogP contribution >= 0.6 is 0 Å².